The van der Waals surface area contributed by atoms with E-state index in [0.29, 0.717) is 62.3 Å². The van der Waals surface area contributed by atoms with E-state index in [9.17, 15) is 73.2 Å². The zero-order valence-corrected chi connectivity index (χ0v) is 85.8. The molecule has 9 rings (SSSR count). The third-order valence-corrected chi connectivity index (χ3v) is 30.6. The van der Waals surface area contributed by atoms with Gasteiger partial charge in [0.25, 0.3) is 0 Å². The minimum atomic E-state index is -1.63. The summed E-state index contributed by atoms with van der Waals surface area (Å²) in [5, 5.41) is 44.2. The molecule has 0 spiro atoms. The van der Waals surface area contributed by atoms with E-state index in [1.165, 1.54) is 61.7 Å². The number of Topliss-reactive ketones (excluding diaryl/α,β-unsaturated/α-hetero) is 14. The van der Waals surface area contributed by atoms with Crippen LogP contribution in [-0.2, 0) is 145 Å². The first kappa shape index (κ1) is 116. The van der Waals surface area contributed by atoms with Crippen LogP contribution in [0.2, 0.25) is 0 Å². The van der Waals surface area contributed by atoms with Crippen molar-refractivity contribution in [3.63, 3.8) is 0 Å². The second kappa shape index (κ2) is 58.7. The number of carbonyl (C=O) groups excluding carboxylic acids is 16. The standard InChI is InChI=1S/C112H136N6O24S3/c1-66(2)31-78(96(122)28-27-90(121)32-67(3)34-111(139)140)45-102(128)81(41-86-56-115-93-23-15-13-21-91(86)93)47-100(126)80(40-72-19-11-8-12-20-72)52-107(133)95(118-70(6)120)64-145-62-75-37-73-36-74(38-75)61-144-63-88(53-98(124)76(35-69(5)119)25-29-109(135)136)106(132)46-79(39-71-17-9-7-10-18-71)101(127)51-85(55-112(141)142)105(131)48-82(42-87-57-116-94-24-16-14-22-92(87)94)103(129)50-84(54-108(113)134)104(130)49-83(43-89-58-114-65-117-89)99(125)44-77(26-30-110(137)138)97(123)33-68(4)59-143-60-73/h7-24,36-38,56-58,65-68,76-85,88,95,115-116H,25-35,39-55,59-64H2,1-6H3,(H2,113,134)(H,114,117)(H,118,120)(H,135,136)(H,137,138)(H,139,140)(H,141,142)/t67-,68-,76+,77+,78+,79+,80+,81+,82+,83+,84-,85-,88-,95-/m1/s1. The maximum Gasteiger partial charge on any atom is 0.304 e. The molecule has 0 saturated carbocycles. The molecule has 5 aromatic carbocycles. The normalized spacial score (nSPS) is 19.5. The molecule has 2 bridgehead atoms. The van der Waals surface area contributed by atoms with Crippen molar-refractivity contribution in [2.45, 2.75) is 245 Å². The van der Waals surface area contributed by atoms with Gasteiger partial charge >= 0.3 is 23.9 Å². The number of carboxylic acid groups (broad SMARTS) is 4. The smallest absolute Gasteiger partial charge is 0.304 e. The Bertz CT molecular complexity index is 5890. The number of amides is 2. The fourth-order valence-electron chi connectivity index (χ4n) is 19.5. The molecule has 0 saturated heterocycles. The van der Waals surface area contributed by atoms with E-state index in [4.69, 9.17) is 5.73 Å². The van der Waals surface area contributed by atoms with Gasteiger partial charge in [-0.2, -0.15) is 35.3 Å². The molecule has 2 amide bonds. The quantitative estimate of drug-likeness (QED) is 0.0171. The van der Waals surface area contributed by atoms with Crippen molar-refractivity contribution in [1.82, 2.24) is 25.3 Å². The van der Waals surface area contributed by atoms with Crippen molar-refractivity contribution in [3.05, 3.63) is 197 Å². The summed E-state index contributed by atoms with van der Waals surface area (Å²) in [6.07, 6.45) is -3.25. The zero-order valence-electron chi connectivity index (χ0n) is 83.3. The number of fused-ring (bicyclic) bond motifs is 4. The molecule has 14 atom stereocenters. The van der Waals surface area contributed by atoms with Gasteiger partial charge in [0.05, 0.1) is 18.8 Å². The Labute approximate surface area is 857 Å². The summed E-state index contributed by atoms with van der Waals surface area (Å²) in [5.41, 5.74) is 12.4. The van der Waals surface area contributed by atoms with Crippen LogP contribution in [0.4, 0.5) is 0 Å². The highest BCUT2D eigenvalue weighted by atomic mass is 32.2. The van der Waals surface area contributed by atoms with Gasteiger partial charge in [0.15, 0.2) is 5.78 Å². The Morgan fingerprint density at radius 1 is 0.455 bits per heavy atom. The number of para-hydroxylation sites is 2. The van der Waals surface area contributed by atoms with Crippen molar-refractivity contribution in [1.29, 1.82) is 0 Å². The monoisotopic (exact) mass is 2040 g/mol. The number of primary amides is 1. The highest BCUT2D eigenvalue weighted by Gasteiger charge is 2.41. The molecule has 1 aliphatic rings. The van der Waals surface area contributed by atoms with Crippen molar-refractivity contribution >= 4 is 174 Å². The van der Waals surface area contributed by atoms with Gasteiger partial charge in [0.1, 0.15) is 75.2 Å². The maximum atomic E-state index is 15.7. The Morgan fingerprint density at radius 3 is 1.53 bits per heavy atom. The van der Waals surface area contributed by atoms with E-state index < -0.39 is 253 Å². The van der Waals surface area contributed by atoms with E-state index in [2.05, 4.69) is 25.3 Å². The minimum absolute atomic E-state index is 0.0220. The number of imidazole rings is 1. The second-order valence-electron chi connectivity index (χ2n) is 40.0. The van der Waals surface area contributed by atoms with Crippen LogP contribution < -0.4 is 11.1 Å². The average molecular weight is 2050 g/mol. The minimum Gasteiger partial charge on any atom is -0.481 e. The molecular weight excluding hydrogens is 1910 g/mol. The number of benzene rings is 5. The lowest BCUT2D eigenvalue weighted by atomic mass is 9.77. The van der Waals surface area contributed by atoms with E-state index in [1.807, 2.05) is 75.4 Å². The number of hydrogen-bond acceptors (Lipinski definition) is 24. The first-order chi connectivity index (χ1) is 69.1. The number of nitrogens with zero attached hydrogens (tertiary/aromatic N) is 1. The fourth-order valence-corrected chi connectivity index (χ4v) is 22.7. The van der Waals surface area contributed by atoms with Gasteiger partial charge in [-0.3, -0.25) is 91.1 Å². The summed E-state index contributed by atoms with van der Waals surface area (Å²) in [7, 11) is 0. The number of nitrogens with two attached hydrogens (primary N) is 1. The number of carboxylic acids is 4. The van der Waals surface area contributed by atoms with Crippen molar-refractivity contribution in [2.75, 3.05) is 17.3 Å². The lowest BCUT2D eigenvalue weighted by Gasteiger charge is -2.24. The number of H-pyrrole nitrogens is 3. The fraction of sp³-hybridized carbons (Fsp3) is 0.491. The third kappa shape index (κ3) is 39.8. The Balaban J connectivity index is 1.06. The van der Waals surface area contributed by atoms with Crippen molar-refractivity contribution in [2.24, 2.45) is 88.6 Å². The highest BCUT2D eigenvalue weighted by Crippen LogP contribution is 2.37. The van der Waals surface area contributed by atoms with Crippen molar-refractivity contribution < 1.29 is 116 Å². The lowest BCUT2D eigenvalue weighted by Crippen LogP contribution is -2.43. The van der Waals surface area contributed by atoms with Gasteiger partial charge < -0.3 is 51.2 Å². The van der Waals surface area contributed by atoms with E-state index in [0.717, 1.165) is 22.0 Å². The molecule has 30 nitrogen and oxygen atoms in total. The topological polar surface area (TPSA) is 521 Å². The van der Waals surface area contributed by atoms with E-state index in [1.54, 1.807) is 92.1 Å². The number of aromatic nitrogens is 4. The van der Waals surface area contributed by atoms with Gasteiger partial charge in [-0.1, -0.05) is 143 Å². The zero-order chi connectivity index (χ0) is 106. The maximum absolute atomic E-state index is 15.7. The average Bonchev–Trinajstić information content (AvgIpc) is 1.70. The van der Waals surface area contributed by atoms with Gasteiger partial charge in [-0.25, -0.2) is 4.98 Å². The summed E-state index contributed by atoms with van der Waals surface area (Å²) in [4.78, 5) is 297. The predicted octanol–water partition coefficient (Wildman–Crippen LogP) is 16.3. The van der Waals surface area contributed by atoms with Crippen LogP contribution in [0.15, 0.2) is 152 Å². The Kier molecular flexibility index (Phi) is 47.0. The molecule has 0 radical (unpaired) electrons. The van der Waals surface area contributed by atoms with Gasteiger partial charge in [-0.15, -0.1) is 0 Å². The molecule has 8 aromatic rings. The largest absolute Gasteiger partial charge is 0.481 e. The molecule has 0 aliphatic carbocycles. The van der Waals surface area contributed by atoms with Gasteiger partial charge in [0.2, 0.25) is 11.8 Å². The molecule has 10 N–H and O–H groups in total. The molecule has 33 heteroatoms. The molecule has 776 valence electrons. The molecule has 1 aliphatic heterocycles. The van der Waals surface area contributed by atoms with Crippen molar-refractivity contribution in [3.8, 4) is 0 Å². The summed E-state index contributed by atoms with van der Waals surface area (Å²) >= 11 is 3.99. The van der Waals surface area contributed by atoms with Gasteiger partial charge in [0, 0.05) is 269 Å². The van der Waals surface area contributed by atoms with Crippen LogP contribution in [0.1, 0.15) is 234 Å². The number of aliphatic carboxylic acids is 4. The van der Waals surface area contributed by atoms with Crippen LogP contribution in [-0.4, -0.2) is 180 Å². The Hall–Kier alpha value is -12.4. The molecule has 0 fully saturated rings. The van der Waals surface area contributed by atoms with E-state index in [-0.39, 0.29) is 149 Å². The van der Waals surface area contributed by atoms with E-state index >= 15 is 43.2 Å². The number of aromatic amines is 3. The third-order valence-electron chi connectivity index (χ3n) is 27.0. The molecular formula is C112H136N6O24S3. The number of thioether (sulfide) groups is 3. The summed E-state index contributed by atoms with van der Waals surface area (Å²) in [5.74, 6) is -27.5. The number of ketones is 14. The Morgan fingerprint density at radius 2 is 0.966 bits per heavy atom. The number of hydrogen-bond donors (Lipinski definition) is 9. The van der Waals surface area contributed by atoms with Crippen LogP contribution in [0.3, 0.4) is 0 Å². The molecule has 145 heavy (non-hydrogen) atoms. The first-order valence-electron chi connectivity index (χ1n) is 49.8. The molecule has 3 aromatic heterocycles. The highest BCUT2D eigenvalue weighted by molar-refractivity contribution is 7.99. The summed E-state index contributed by atoms with van der Waals surface area (Å²) in [6.45, 7) is 9.80. The second-order valence-corrected chi connectivity index (χ2v) is 43.1. The van der Waals surface area contributed by atoms with Crippen LogP contribution in [0.5, 0.6) is 0 Å². The van der Waals surface area contributed by atoms with Crippen LogP contribution in [0, 0.1) is 82.9 Å². The first-order valence-corrected chi connectivity index (χ1v) is 53.3. The number of carbonyl (C=O) groups is 20. The molecule has 4 heterocycles. The number of rotatable bonds is 49. The van der Waals surface area contributed by atoms with Gasteiger partial charge in [-0.05, 0) is 133 Å². The lowest BCUT2D eigenvalue weighted by molar-refractivity contribution is -0.142. The SMILES string of the molecule is CC(=O)C[C@H](CCC(=O)O)C(=O)C[C@@H]1CSCc2cc(cc(CSC[C@@H](NC(C)=O)C(=O)C[C@H](Cc3ccccc3)C(=O)C[C@H](Cc3c[nH]c4ccccc34)C(=O)C[C@H](CC(C)C)C(=O)CCC(=O)C[C@@H](C)CC(=O)O)c2)CSC[C@H](C)CC(=O)[C@@H](CCC(=O)O)CC(=O)[C@@H](Cc2cnc[nH]2)CC(=O)[C@@H](CC(N)=O)CC(=O)[C@@H](Cc2c[nH]c3ccccc23)CC(=O)[C@@H](CC(=O)O)CC(=O)[C@@H](Cc2ccccc2)CC1=O. The number of nitrogens with one attached hydrogen (secondary N) is 4. The summed E-state index contributed by atoms with van der Waals surface area (Å²) in [6, 6.07) is 36.7. The predicted molar refractivity (Wildman–Crippen MR) is 552 cm³/mol. The molecule has 0 unspecified atom stereocenters. The van der Waals surface area contributed by atoms with Crippen LogP contribution >= 0.6 is 35.3 Å². The van der Waals surface area contributed by atoms with Crippen LogP contribution in [0.25, 0.3) is 21.8 Å². The summed E-state index contributed by atoms with van der Waals surface area (Å²) < 4.78 is 0.